The molecule has 1 aromatic carbocycles. The summed E-state index contributed by atoms with van der Waals surface area (Å²) in [5.74, 6) is 0.340. The molecule has 1 atom stereocenters. The van der Waals surface area contributed by atoms with Crippen molar-refractivity contribution >= 4 is 33.4 Å². The number of carbonyl (C=O) groups is 1. The number of carbonyl (C=O) groups excluding carboxylic acids is 1. The second kappa shape index (κ2) is 7.43. The number of nitrogens with one attached hydrogen (secondary N) is 1. The van der Waals surface area contributed by atoms with Gasteiger partial charge in [0.2, 0.25) is 0 Å². The van der Waals surface area contributed by atoms with Crippen LogP contribution in [0.15, 0.2) is 22.7 Å². The van der Waals surface area contributed by atoms with Crippen molar-refractivity contribution in [3.63, 3.8) is 0 Å². The quantitative estimate of drug-likeness (QED) is 0.872. The lowest BCUT2D eigenvalue weighted by Crippen LogP contribution is -2.34. The summed E-state index contributed by atoms with van der Waals surface area (Å²) in [5, 5.41) is 3.45. The number of amides is 1. The Morgan fingerprint density at radius 1 is 1.45 bits per heavy atom. The molecule has 0 spiro atoms. The SMILES string of the molecule is CC(CNC(=O)c1cc(Br)ccc1Cl)CN1CCCC1. The summed E-state index contributed by atoms with van der Waals surface area (Å²) in [7, 11) is 0. The van der Waals surface area contributed by atoms with Gasteiger partial charge in [0.1, 0.15) is 0 Å². The van der Waals surface area contributed by atoms with E-state index in [4.69, 9.17) is 11.6 Å². The lowest BCUT2D eigenvalue weighted by atomic mass is 10.1. The fourth-order valence-corrected chi connectivity index (χ4v) is 3.07. The van der Waals surface area contributed by atoms with E-state index in [-0.39, 0.29) is 5.91 Å². The highest BCUT2D eigenvalue weighted by atomic mass is 79.9. The number of halogens is 2. The topological polar surface area (TPSA) is 32.3 Å². The van der Waals surface area contributed by atoms with Crippen molar-refractivity contribution in [3.8, 4) is 0 Å². The van der Waals surface area contributed by atoms with Crippen molar-refractivity contribution in [2.24, 2.45) is 5.92 Å². The predicted molar refractivity (Wildman–Crippen MR) is 86.3 cm³/mol. The summed E-state index contributed by atoms with van der Waals surface area (Å²) in [6, 6.07) is 5.31. The minimum absolute atomic E-state index is 0.107. The second-order valence-electron chi connectivity index (χ2n) is 5.45. The Balaban J connectivity index is 1.83. The third kappa shape index (κ3) is 4.47. The average Bonchev–Trinajstić information content (AvgIpc) is 2.91. The van der Waals surface area contributed by atoms with Gasteiger partial charge in [-0.05, 0) is 50.0 Å². The van der Waals surface area contributed by atoms with Gasteiger partial charge in [-0.2, -0.15) is 0 Å². The van der Waals surface area contributed by atoms with E-state index in [0.29, 0.717) is 23.0 Å². The van der Waals surface area contributed by atoms with Crippen molar-refractivity contribution in [2.75, 3.05) is 26.2 Å². The van der Waals surface area contributed by atoms with Crippen LogP contribution in [0, 0.1) is 5.92 Å². The maximum absolute atomic E-state index is 12.1. The largest absolute Gasteiger partial charge is 0.352 e. The van der Waals surface area contributed by atoms with E-state index < -0.39 is 0 Å². The van der Waals surface area contributed by atoms with Crippen LogP contribution in [0.5, 0.6) is 0 Å². The lowest BCUT2D eigenvalue weighted by molar-refractivity contribution is 0.0945. The van der Waals surface area contributed by atoms with Crippen LogP contribution in [0.1, 0.15) is 30.1 Å². The smallest absolute Gasteiger partial charge is 0.252 e. The van der Waals surface area contributed by atoms with Gasteiger partial charge in [0.15, 0.2) is 0 Å². The van der Waals surface area contributed by atoms with Crippen LogP contribution in [0.2, 0.25) is 5.02 Å². The van der Waals surface area contributed by atoms with E-state index in [9.17, 15) is 4.79 Å². The van der Waals surface area contributed by atoms with E-state index in [1.807, 2.05) is 6.07 Å². The van der Waals surface area contributed by atoms with Crippen LogP contribution >= 0.6 is 27.5 Å². The Hall–Kier alpha value is -0.580. The standard InChI is InChI=1S/C15H20BrClN2O/c1-11(10-19-6-2-3-7-19)9-18-15(20)13-8-12(16)4-5-14(13)17/h4-5,8,11H,2-3,6-7,9-10H2,1H3,(H,18,20). The molecule has 1 aliphatic heterocycles. The molecule has 110 valence electrons. The fraction of sp³-hybridized carbons (Fsp3) is 0.533. The summed E-state index contributed by atoms with van der Waals surface area (Å²) in [5.41, 5.74) is 0.523. The molecule has 5 heteroatoms. The number of benzene rings is 1. The third-order valence-corrected chi connectivity index (χ3v) is 4.38. The summed E-state index contributed by atoms with van der Waals surface area (Å²) < 4.78 is 0.858. The number of hydrogen-bond donors (Lipinski definition) is 1. The molecule has 0 bridgehead atoms. The Morgan fingerprint density at radius 2 is 2.15 bits per heavy atom. The predicted octanol–water partition coefficient (Wildman–Crippen LogP) is 3.56. The van der Waals surface area contributed by atoms with Gasteiger partial charge in [-0.25, -0.2) is 0 Å². The van der Waals surface area contributed by atoms with E-state index in [0.717, 1.165) is 11.0 Å². The Morgan fingerprint density at radius 3 is 2.85 bits per heavy atom. The van der Waals surface area contributed by atoms with Crippen LogP contribution < -0.4 is 5.32 Å². The first-order valence-corrected chi connectivity index (χ1v) is 8.19. The molecule has 0 radical (unpaired) electrons. The van der Waals surface area contributed by atoms with Crippen LogP contribution in [0.3, 0.4) is 0 Å². The van der Waals surface area contributed by atoms with Crippen molar-refractivity contribution < 1.29 is 4.79 Å². The molecule has 20 heavy (non-hydrogen) atoms. The number of rotatable bonds is 5. The minimum Gasteiger partial charge on any atom is -0.352 e. The first-order chi connectivity index (χ1) is 9.56. The van der Waals surface area contributed by atoms with E-state index in [1.165, 1.54) is 25.9 Å². The van der Waals surface area contributed by atoms with Crippen LogP contribution in [-0.2, 0) is 0 Å². The third-order valence-electron chi connectivity index (χ3n) is 3.55. The highest BCUT2D eigenvalue weighted by Crippen LogP contribution is 2.21. The number of likely N-dealkylation sites (tertiary alicyclic amines) is 1. The molecule has 3 nitrogen and oxygen atoms in total. The fourth-order valence-electron chi connectivity index (χ4n) is 2.50. The first kappa shape index (κ1) is 15.8. The molecular weight excluding hydrogens is 340 g/mol. The van der Waals surface area contributed by atoms with Crippen molar-refractivity contribution in [3.05, 3.63) is 33.3 Å². The molecule has 1 fully saturated rings. The number of hydrogen-bond acceptors (Lipinski definition) is 2. The highest BCUT2D eigenvalue weighted by Gasteiger charge is 2.16. The van der Waals surface area contributed by atoms with Gasteiger partial charge < -0.3 is 10.2 Å². The zero-order valence-electron chi connectivity index (χ0n) is 11.7. The molecule has 1 saturated heterocycles. The van der Waals surface area contributed by atoms with E-state index >= 15 is 0 Å². The summed E-state index contributed by atoms with van der Waals surface area (Å²) in [6.07, 6.45) is 2.60. The van der Waals surface area contributed by atoms with Crippen LogP contribution in [0.25, 0.3) is 0 Å². The minimum atomic E-state index is -0.107. The Bertz CT molecular complexity index is 475. The summed E-state index contributed by atoms with van der Waals surface area (Å²) in [4.78, 5) is 14.6. The first-order valence-electron chi connectivity index (χ1n) is 7.02. The molecule has 0 aromatic heterocycles. The molecule has 0 saturated carbocycles. The molecular formula is C15H20BrClN2O. The second-order valence-corrected chi connectivity index (χ2v) is 6.77. The molecule has 1 amide bonds. The van der Waals surface area contributed by atoms with Gasteiger partial charge in [-0.1, -0.05) is 34.5 Å². The van der Waals surface area contributed by atoms with Crippen LogP contribution in [0.4, 0.5) is 0 Å². The van der Waals surface area contributed by atoms with Gasteiger partial charge in [0.05, 0.1) is 10.6 Å². The van der Waals surface area contributed by atoms with E-state index in [1.54, 1.807) is 12.1 Å². The number of nitrogens with zero attached hydrogens (tertiary/aromatic N) is 1. The molecule has 1 unspecified atom stereocenters. The average molecular weight is 360 g/mol. The Labute approximate surface area is 133 Å². The molecule has 0 aliphatic carbocycles. The van der Waals surface area contributed by atoms with Gasteiger partial charge >= 0.3 is 0 Å². The molecule has 1 aliphatic rings. The zero-order valence-corrected chi connectivity index (χ0v) is 14.0. The van der Waals surface area contributed by atoms with Gasteiger partial charge in [-0.15, -0.1) is 0 Å². The van der Waals surface area contributed by atoms with E-state index in [2.05, 4.69) is 33.1 Å². The van der Waals surface area contributed by atoms with Crippen LogP contribution in [-0.4, -0.2) is 37.0 Å². The monoisotopic (exact) mass is 358 g/mol. The molecule has 2 rings (SSSR count). The zero-order chi connectivity index (χ0) is 14.5. The molecule has 1 N–H and O–H groups in total. The van der Waals surface area contributed by atoms with Crippen molar-refractivity contribution in [1.82, 2.24) is 10.2 Å². The normalized spacial score (nSPS) is 17.1. The van der Waals surface area contributed by atoms with Gasteiger partial charge in [0.25, 0.3) is 5.91 Å². The summed E-state index contributed by atoms with van der Waals surface area (Å²) in [6.45, 7) is 6.28. The lowest BCUT2D eigenvalue weighted by Gasteiger charge is -2.20. The highest BCUT2D eigenvalue weighted by molar-refractivity contribution is 9.10. The summed E-state index contributed by atoms with van der Waals surface area (Å²) >= 11 is 9.41. The molecule has 1 heterocycles. The maximum atomic E-state index is 12.1. The molecule has 1 aromatic rings. The van der Waals surface area contributed by atoms with Crippen molar-refractivity contribution in [1.29, 1.82) is 0 Å². The van der Waals surface area contributed by atoms with Gasteiger partial charge in [-0.3, -0.25) is 4.79 Å². The maximum Gasteiger partial charge on any atom is 0.252 e. The van der Waals surface area contributed by atoms with Gasteiger partial charge in [0, 0.05) is 17.6 Å². The Kier molecular flexibility index (Phi) is 5.87. The van der Waals surface area contributed by atoms with Crippen molar-refractivity contribution in [2.45, 2.75) is 19.8 Å².